The number of nitrogens with one attached hydrogen (secondary N) is 3. The number of hydrogen-bond donors (Lipinski definition) is 3. The highest BCUT2D eigenvalue weighted by Gasteiger charge is 2.23. The van der Waals surface area contributed by atoms with Gasteiger partial charge in [0.1, 0.15) is 0 Å². The van der Waals surface area contributed by atoms with Gasteiger partial charge in [-0.1, -0.05) is 29.8 Å². The highest BCUT2D eigenvalue weighted by Crippen LogP contribution is 2.19. The largest absolute Gasteiger partial charge is 0.348 e. The van der Waals surface area contributed by atoms with Gasteiger partial charge >= 0.3 is 6.03 Å². The van der Waals surface area contributed by atoms with Crippen LogP contribution in [0.5, 0.6) is 0 Å². The molecule has 1 saturated carbocycles. The molecule has 0 aliphatic heterocycles. The zero-order valence-corrected chi connectivity index (χ0v) is 13.6. The molecule has 1 fully saturated rings. The van der Waals surface area contributed by atoms with Crippen LogP contribution in [-0.4, -0.2) is 18.0 Å². The van der Waals surface area contributed by atoms with Gasteiger partial charge in [-0.05, 0) is 49.6 Å². The predicted octanol–water partition coefficient (Wildman–Crippen LogP) is 3.21. The molecule has 0 radical (unpaired) electrons. The third-order valence-electron chi connectivity index (χ3n) is 3.89. The highest BCUT2D eigenvalue weighted by molar-refractivity contribution is 5.95. The maximum Gasteiger partial charge on any atom is 0.319 e. The van der Waals surface area contributed by atoms with E-state index in [1.54, 1.807) is 24.3 Å². The molecule has 1 aliphatic rings. The fourth-order valence-corrected chi connectivity index (χ4v) is 2.28. The Morgan fingerprint density at radius 2 is 1.67 bits per heavy atom. The van der Waals surface area contributed by atoms with E-state index in [2.05, 4.69) is 16.0 Å². The van der Waals surface area contributed by atoms with Crippen molar-refractivity contribution in [3.8, 4) is 0 Å². The summed E-state index contributed by atoms with van der Waals surface area (Å²) in [5.74, 6) is -0.135. The minimum Gasteiger partial charge on any atom is -0.348 e. The Kier molecular flexibility index (Phi) is 4.79. The van der Waals surface area contributed by atoms with Crippen molar-refractivity contribution in [3.63, 3.8) is 0 Å². The Morgan fingerprint density at radius 3 is 2.29 bits per heavy atom. The van der Waals surface area contributed by atoms with Crippen LogP contribution >= 0.6 is 0 Å². The van der Waals surface area contributed by atoms with Crippen LogP contribution in [0.1, 0.15) is 34.3 Å². The molecule has 3 N–H and O–H groups in total. The van der Waals surface area contributed by atoms with Gasteiger partial charge in [-0.25, -0.2) is 4.79 Å². The van der Waals surface area contributed by atoms with Gasteiger partial charge < -0.3 is 16.0 Å². The van der Waals surface area contributed by atoms with Crippen LogP contribution in [0.3, 0.4) is 0 Å². The summed E-state index contributed by atoms with van der Waals surface area (Å²) in [6, 6.07) is 15.0. The number of amides is 3. The molecule has 3 amide bonds. The van der Waals surface area contributed by atoms with Gasteiger partial charge in [0.15, 0.2) is 0 Å². The summed E-state index contributed by atoms with van der Waals surface area (Å²) in [5.41, 5.74) is 3.49. The van der Waals surface area contributed by atoms with E-state index in [0.29, 0.717) is 23.8 Å². The molecule has 124 valence electrons. The summed E-state index contributed by atoms with van der Waals surface area (Å²) in [6.45, 7) is 2.52. The van der Waals surface area contributed by atoms with Crippen LogP contribution in [0.2, 0.25) is 0 Å². The molecule has 5 nitrogen and oxygen atoms in total. The number of urea groups is 1. The molecule has 1 aliphatic carbocycles. The van der Waals surface area contributed by atoms with Crippen molar-refractivity contribution in [2.45, 2.75) is 32.4 Å². The third-order valence-corrected chi connectivity index (χ3v) is 3.89. The second kappa shape index (κ2) is 7.17. The number of hydrogen-bond acceptors (Lipinski definition) is 2. The fraction of sp³-hybridized carbons (Fsp3) is 0.263. The summed E-state index contributed by atoms with van der Waals surface area (Å²) in [6.07, 6.45) is 2.10. The van der Waals surface area contributed by atoms with Crippen molar-refractivity contribution in [3.05, 3.63) is 65.2 Å². The van der Waals surface area contributed by atoms with E-state index >= 15 is 0 Å². The van der Waals surface area contributed by atoms with E-state index in [-0.39, 0.29) is 11.9 Å². The first-order valence-corrected chi connectivity index (χ1v) is 8.11. The molecule has 5 heteroatoms. The molecule has 24 heavy (non-hydrogen) atoms. The monoisotopic (exact) mass is 323 g/mol. The minimum absolute atomic E-state index is 0.135. The van der Waals surface area contributed by atoms with Gasteiger partial charge in [-0.2, -0.15) is 0 Å². The molecule has 0 aromatic heterocycles. The predicted molar refractivity (Wildman–Crippen MR) is 94.0 cm³/mol. The van der Waals surface area contributed by atoms with E-state index < -0.39 is 0 Å². The Morgan fingerprint density at radius 1 is 1.00 bits per heavy atom. The summed E-state index contributed by atoms with van der Waals surface area (Å²) in [5, 5.41) is 8.50. The van der Waals surface area contributed by atoms with Gasteiger partial charge in [-0.15, -0.1) is 0 Å². The van der Waals surface area contributed by atoms with Crippen LogP contribution in [0, 0.1) is 6.92 Å². The number of anilines is 1. The lowest BCUT2D eigenvalue weighted by Crippen LogP contribution is -2.30. The van der Waals surface area contributed by atoms with Crippen LogP contribution in [-0.2, 0) is 6.54 Å². The summed E-state index contributed by atoms with van der Waals surface area (Å²) >= 11 is 0. The molecule has 0 atom stereocenters. The van der Waals surface area contributed by atoms with E-state index in [1.165, 1.54) is 5.56 Å². The molecule has 0 unspecified atom stereocenters. The number of carbonyl (C=O) groups excluding carboxylic acids is 2. The van der Waals surface area contributed by atoms with Crippen molar-refractivity contribution in [2.75, 3.05) is 5.32 Å². The van der Waals surface area contributed by atoms with Gasteiger partial charge in [0.25, 0.3) is 5.91 Å². The van der Waals surface area contributed by atoms with Crippen LogP contribution < -0.4 is 16.0 Å². The van der Waals surface area contributed by atoms with E-state index in [9.17, 15) is 9.59 Å². The molecule has 0 bridgehead atoms. The summed E-state index contributed by atoms with van der Waals surface area (Å²) < 4.78 is 0. The van der Waals surface area contributed by atoms with Gasteiger partial charge in [0.05, 0.1) is 0 Å². The average molecular weight is 323 g/mol. The van der Waals surface area contributed by atoms with E-state index in [4.69, 9.17) is 0 Å². The van der Waals surface area contributed by atoms with Crippen LogP contribution in [0.15, 0.2) is 48.5 Å². The van der Waals surface area contributed by atoms with Crippen LogP contribution in [0.25, 0.3) is 0 Å². The summed E-state index contributed by atoms with van der Waals surface area (Å²) in [7, 11) is 0. The number of rotatable bonds is 5. The first kappa shape index (κ1) is 16.1. The van der Waals surface area contributed by atoms with Crippen molar-refractivity contribution < 1.29 is 9.59 Å². The summed E-state index contributed by atoms with van der Waals surface area (Å²) in [4.78, 5) is 23.8. The van der Waals surface area contributed by atoms with Crippen molar-refractivity contribution in [1.29, 1.82) is 0 Å². The van der Waals surface area contributed by atoms with Crippen molar-refractivity contribution in [2.24, 2.45) is 0 Å². The van der Waals surface area contributed by atoms with Gasteiger partial charge in [0.2, 0.25) is 0 Å². The molecule has 3 rings (SSSR count). The average Bonchev–Trinajstić information content (AvgIpc) is 3.38. The topological polar surface area (TPSA) is 70.2 Å². The third kappa shape index (κ3) is 4.59. The molecule has 0 heterocycles. The standard InChI is InChI=1S/C19H21N3O2/c1-13-2-4-14(5-3-13)12-20-18(23)15-6-8-16(9-7-15)21-19(24)22-17-10-11-17/h2-9,17H,10-12H2,1H3,(H,20,23)(H2,21,22,24). The SMILES string of the molecule is Cc1ccc(CNC(=O)c2ccc(NC(=O)NC3CC3)cc2)cc1. The number of aryl methyl sites for hydroxylation is 1. The normalized spacial score (nSPS) is 13.2. The van der Waals surface area contributed by atoms with Crippen molar-refractivity contribution in [1.82, 2.24) is 10.6 Å². The Balaban J connectivity index is 1.51. The lowest BCUT2D eigenvalue weighted by molar-refractivity contribution is 0.0951. The molecule has 2 aromatic rings. The Labute approximate surface area is 141 Å². The Hall–Kier alpha value is -2.82. The molecule has 0 spiro atoms. The van der Waals surface area contributed by atoms with Gasteiger partial charge in [0, 0.05) is 23.8 Å². The maximum atomic E-state index is 12.2. The zero-order chi connectivity index (χ0) is 16.9. The molecular formula is C19H21N3O2. The second-order valence-corrected chi connectivity index (χ2v) is 6.12. The van der Waals surface area contributed by atoms with E-state index in [1.807, 2.05) is 31.2 Å². The smallest absolute Gasteiger partial charge is 0.319 e. The molecule has 2 aromatic carbocycles. The quantitative estimate of drug-likeness (QED) is 0.791. The highest BCUT2D eigenvalue weighted by atomic mass is 16.2. The zero-order valence-electron chi connectivity index (χ0n) is 13.6. The second-order valence-electron chi connectivity index (χ2n) is 6.12. The lowest BCUT2D eigenvalue weighted by Gasteiger charge is -2.08. The first-order chi connectivity index (χ1) is 11.6. The van der Waals surface area contributed by atoms with Crippen LogP contribution in [0.4, 0.5) is 10.5 Å². The van der Waals surface area contributed by atoms with Crippen molar-refractivity contribution >= 4 is 17.6 Å². The number of benzene rings is 2. The van der Waals surface area contributed by atoms with E-state index in [0.717, 1.165) is 18.4 Å². The first-order valence-electron chi connectivity index (χ1n) is 8.11. The lowest BCUT2D eigenvalue weighted by atomic mass is 10.1. The molecule has 0 saturated heterocycles. The Bertz CT molecular complexity index is 719. The fourth-order valence-electron chi connectivity index (χ4n) is 2.28. The van der Waals surface area contributed by atoms with Gasteiger partial charge in [-0.3, -0.25) is 4.79 Å². The number of carbonyl (C=O) groups is 2. The minimum atomic E-state index is -0.200. The molecular weight excluding hydrogens is 302 g/mol. The maximum absolute atomic E-state index is 12.2.